The molecular formula is C11H12FN5O. The summed E-state index contributed by atoms with van der Waals surface area (Å²) in [6.45, 7) is -0.00276. The predicted octanol–water partition coefficient (Wildman–Crippen LogP) is 0.662. The molecule has 0 atom stereocenters. The smallest absolute Gasteiger partial charge is 0.248 e. The fourth-order valence-corrected chi connectivity index (χ4v) is 1.46. The van der Waals surface area contributed by atoms with Gasteiger partial charge in [-0.3, -0.25) is 4.79 Å². The quantitative estimate of drug-likeness (QED) is 0.867. The number of rotatable bonds is 3. The SMILES string of the molecule is CN(C(=O)Cn1cnc(N)n1)c1cccc(F)c1. The topological polar surface area (TPSA) is 77.0 Å². The van der Waals surface area contributed by atoms with Crippen LogP contribution in [0.1, 0.15) is 0 Å². The summed E-state index contributed by atoms with van der Waals surface area (Å²) in [5, 5.41) is 3.81. The Morgan fingerprint density at radius 3 is 2.94 bits per heavy atom. The molecule has 0 fully saturated rings. The van der Waals surface area contributed by atoms with Crippen LogP contribution in [0.2, 0.25) is 0 Å². The summed E-state index contributed by atoms with van der Waals surface area (Å²) >= 11 is 0. The summed E-state index contributed by atoms with van der Waals surface area (Å²) < 4.78 is 14.4. The molecule has 2 aromatic rings. The number of likely N-dealkylation sites (N-methyl/N-ethyl adjacent to an activating group) is 1. The monoisotopic (exact) mass is 249 g/mol. The van der Waals surface area contributed by atoms with Crippen molar-refractivity contribution in [3.05, 3.63) is 36.4 Å². The third kappa shape index (κ3) is 2.62. The molecule has 6 nitrogen and oxygen atoms in total. The maximum absolute atomic E-state index is 13.0. The number of anilines is 2. The van der Waals surface area contributed by atoms with Crippen LogP contribution in [0.3, 0.4) is 0 Å². The highest BCUT2D eigenvalue weighted by Crippen LogP contribution is 2.14. The van der Waals surface area contributed by atoms with Gasteiger partial charge in [0.1, 0.15) is 18.7 Å². The zero-order valence-electron chi connectivity index (χ0n) is 9.75. The van der Waals surface area contributed by atoms with E-state index < -0.39 is 5.82 Å². The fourth-order valence-electron chi connectivity index (χ4n) is 1.46. The van der Waals surface area contributed by atoms with Crippen LogP contribution in [0.5, 0.6) is 0 Å². The molecule has 0 saturated carbocycles. The van der Waals surface area contributed by atoms with Crippen molar-refractivity contribution in [2.24, 2.45) is 0 Å². The van der Waals surface area contributed by atoms with Crippen LogP contribution in [-0.2, 0) is 11.3 Å². The van der Waals surface area contributed by atoms with Gasteiger partial charge in [0.2, 0.25) is 11.9 Å². The second kappa shape index (κ2) is 4.82. The van der Waals surface area contributed by atoms with E-state index in [1.54, 1.807) is 19.2 Å². The van der Waals surface area contributed by atoms with Gasteiger partial charge in [0, 0.05) is 12.7 Å². The van der Waals surface area contributed by atoms with E-state index in [4.69, 9.17) is 5.73 Å². The summed E-state index contributed by atoms with van der Waals surface area (Å²) in [6.07, 6.45) is 1.37. The Hall–Kier alpha value is -2.44. The Morgan fingerprint density at radius 2 is 2.33 bits per heavy atom. The first kappa shape index (κ1) is 12.0. The van der Waals surface area contributed by atoms with Crippen molar-refractivity contribution < 1.29 is 9.18 Å². The first-order chi connectivity index (χ1) is 8.56. The van der Waals surface area contributed by atoms with E-state index in [9.17, 15) is 9.18 Å². The van der Waals surface area contributed by atoms with E-state index in [1.165, 1.54) is 28.0 Å². The van der Waals surface area contributed by atoms with Gasteiger partial charge in [-0.1, -0.05) is 6.07 Å². The van der Waals surface area contributed by atoms with Crippen molar-refractivity contribution in [1.82, 2.24) is 14.8 Å². The van der Waals surface area contributed by atoms with Crippen molar-refractivity contribution in [2.75, 3.05) is 17.7 Å². The fraction of sp³-hybridized carbons (Fsp3) is 0.182. The highest BCUT2D eigenvalue weighted by atomic mass is 19.1. The zero-order valence-corrected chi connectivity index (χ0v) is 9.75. The van der Waals surface area contributed by atoms with Gasteiger partial charge in [-0.15, -0.1) is 5.10 Å². The van der Waals surface area contributed by atoms with Crippen molar-refractivity contribution in [2.45, 2.75) is 6.54 Å². The largest absolute Gasteiger partial charge is 0.367 e. The maximum atomic E-state index is 13.0. The average molecular weight is 249 g/mol. The number of hydrogen-bond acceptors (Lipinski definition) is 4. The molecule has 2 rings (SSSR count). The minimum Gasteiger partial charge on any atom is -0.367 e. The molecule has 1 aromatic heterocycles. The van der Waals surface area contributed by atoms with Crippen LogP contribution in [0.25, 0.3) is 0 Å². The van der Waals surface area contributed by atoms with Crippen molar-refractivity contribution in [3.8, 4) is 0 Å². The molecule has 0 bridgehead atoms. The molecule has 0 saturated heterocycles. The summed E-state index contributed by atoms with van der Waals surface area (Å²) in [5.74, 6) is -0.529. The molecule has 0 aliphatic heterocycles. The van der Waals surface area contributed by atoms with Crippen molar-refractivity contribution in [3.63, 3.8) is 0 Å². The summed E-state index contributed by atoms with van der Waals surface area (Å²) in [6, 6.07) is 5.80. The molecule has 94 valence electrons. The van der Waals surface area contributed by atoms with Gasteiger partial charge < -0.3 is 10.6 Å². The van der Waals surface area contributed by atoms with Crippen molar-refractivity contribution >= 4 is 17.5 Å². The Bertz CT molecular complexity index is 568. The minimum atomic E-state index is -0.392. The molecule has 0 aliphatic carbocycles. The summed E-state index contributed by atoms with van der Waals surface area (Å²) in [7, 11) is 1.57. The van der Waals surface area contributed by atoms with Crippen LogP contribution >= 0.6 is 0 Å². The van der Waals surface area contributed by atoms with E-state index >= 15 is 0 Å². The number of halogens is 1. The number of hydrogen-bond donors (Lipinski definition) is 1. The molecular weight excluding hydrogens is 237 g/mol. The van der Waals surface area contributed by atoms with Gasteiger partial charge in [0.15, 0.2) is 0 Å². The Balaban J connectivity index is 2.09. The number of aromatic nitrogens is 3. The average Bonchev–Trinajstić information content (AvgIpc) is 2.73. The molecule has 1 aromatic carbocycles. The number of carbonyl (C=O) groups excluding carboxylic acids is 1. The third-order valence-electron chi connectivity index (χ3n) is 2.42. The van der Waals surface area contributed by atoms with Gasteiger partial charge >= 0.3 is 0 Å². The second-order valence-electron chi connectivity index (χ2n) is 3.73. The van der Waals surface area contributed by atoms with Gasteiger partial charge in [-0.25, -0.2) is 14.1 Å². The molecule has 2 N–H and O–H groups in total. The molecule has 0 spiro atoms. The van der Waals surface area contributed by atoms with Crippen LogP contribution in [0.15, 0.2) is 30.6 Å². The van der Waals surface area contributed by atoms with E-state index in [0.29, 0.717) is 5.69 Å². The number of carbonyl (C=O) groups is 1. The molecule has 0 radical (unpaired) electrons. The third-order valence-corrected chi connectivity index (χ3v) is 2.42. The summed E-state index contributed by atoms with van der Waals surface area (Å²) in [5.41, 5.74) is 5.82. The lowest BCUT2D eigenvalue weighted by molar-refractivity contribution is -0.119. The Labute approximate surface area is 103 Å². The highest BCUT2D eigenvalue weighted by molar-refractivity contribution is 5.92. The number of amides is 1. The second-order valence-corrected chi connectivity index (χ2v) is 3.73. The van der Waals surface area contributed by atoms with Crippen LogP contribution < -0.4 is 10.6 Å². The molecule has 0 unspecified atom stereocenters. The summed E-state index contributed by atoms with van der Waals surface area (Å²) in [4.78, 5) is 17.0. The molecule has 1 amide bonds. The first-order valence-corrected chi connectivity index (χ1v) is 5.23. The van der Waals surface area contributed by atoms with E-state index in [0.717, 1.165) is 0 Å². The van der Waals surface area contributed by atoms with E-state index in [2.05, 4.69) is 10.1 Å². The van der Waals surface area contributed by atoms with E-state index in [1.807, 2.05) is 0 Å². The Kier molecular flexibility index (Phi) is 3.22. The number of benzene rings is 1. The van der Waals surface area contributed by atoms with Crippen LogP contribution in [0.4, 0.5) is 16.0 Å². The van der Waals surface area contributed by atoms with Gasteiger partial charge in [-0.2, -0.15) is 0 Å². The van der Waals surface area contributed by atoms with Crippen molar-refractivity contribution in [1.29, 1.82) is 0 Å². The van der Waals surface area contributed by atoms with Crippen LogP contribution in [-0.4, -0.2) is 27.7 Å². The van der Waals surface area contributed by atoms with E-state index in [-0.39, 0.29) is 18.4 Å². The Morgan fingerprint density at radius 1 is 1.56 bits per heavy atom. The predicted molar refractivity (Wildman–Crippen MR) is 64.2 cm³/mol. The number of nitrogens with two attached hydrogens (primary N) is 1. The lowest BCUT2D eigenvalue weighted by Crippen LogP contribution is -2.30. The first-order valence-electron chi connectivity index (χ1n) is 5.23. The molecule has 7 heteroatoms. The molecule has 0 aliphatic rings. The lowest BCUT2D eigenvalue weighted by atomic mass is 10.3. The number of nitrogens with zero attached hydrogens (tertiary/aromatic N) is 4. The maximum Gasteiger partial charge on any atom is 0.248 e. The normalized spacial score (nSPS) is 10.3. The number of nitrogen functional groups attached to an aromatic ring is 1. The highest BCUT2D eigenvalue weighted by Gasteiger charge is 2.12. The van der Waals surface area contributed by atoms with Crippen LogP contribution in [0, 0.1) is 5.82 Å². The molecule has 18 heavy (non-hydrogen) atoms. The zero-order chi connectivity index (χ0) is 13.1. The minimum absolute atomic E-state index is 0.00276. The van der Waals surface area contributed by atoms with Gasteiger partial charge in [0.05, 0.1) is 0 Å². The standard InChI is InChI=1S/C11H12FN5O/c1-16(9-4-2-3-8(12)5-9)10(18)6-17-7-14-11(13)15-17/h2-5,7H,6H2,1H3,(H2,13,15). The lowest BCUT2D eigenvalue weighted by Gasteiger charge is -2.17. The van der Waals surface area contributed by atoms with Gasteiger partial charge in [-0.05, 0) is 18.2 Å². The molecule has 1 heterocycles. The van der Waals surface area contributed by atoms with Gasteiger partial charge in [0.25, 0.3) is 0 Å².